The number of urea groups is 1. The summed E-state index contributed by atoms with van der Waals surface area (Å²) in [7, 11) is 1.77. The van der Waals surface area contributed by atoms with E-state index in [2.05, 4.69) is 11.4 Å². The van der Waals surface area contributed by atoms with Crippen LogP contribution in [-0.4, -0.2) is 18.0 Å². The molecular formula is C18H19N3O. The van der Waals surface area contributed by atoms with Crippen LogP contribution in [0.25, 0.3) is 0 Å². The molecule has 1 unspecified atom stereocenters. The van der Waals surface area contributed by atoms with E-state index < -0.39 is 0 Å². The third kappa shape index (κ3) is 4.10. The molecule has 4 heteroatoms. The van der Waals surface area contributed by atoms with Gasteiger partial charge in [-0.3, -0.25) is 0 Å². The molecule has 0 saturated carbocycles. The Morgan fingerprint density at radius 2 is 1.82 bits per heavy atom. The summed E-state index contributed by atoms with van der Waals surface area (Å²) in [6, 6.07) is 18.9. The number of carbonyl (C=O) groups is 1. The molecule has 0 radical (unpaired) electrons. The minimum Gasteiger partial charge on any atom is -0.331 e. The van der Waals surface area contributed by atoms with Crippen molar-refractivity contribution in [2.24, 2.45) is 0 Å². The maximum absolute atomic E-state index is 12.2. The first-order valence-electron chi connectivity index (χ1n) is 7.16. The molecule has 0 spiro atoms. The van der Waals surface area contributed by atoms with Crippen LogP contribution in [0.2, 0.25) is 0 Å². The number of nitrogens with one attached hydrogen (secondary N) is 1. The second-order valence-corrected chi connectivity index (χ2v) is 5.25. The van der Waals surface area contributed by atoms with Crippen LogP contribution in [0.15, 0.2) is 54.6 Å². The predicted octanol–water partition coefficient (Wildman–Crippen LogP) is 3.46. The maximum atomic E-state index is 12.2. The second kappa shape index (κ2) is 7.28. The zero-order valence-corrected chi connectivity index (χ0v) is 12.8. The van der Waals surface area contributed by atoms with Crippen LogP contribution in [0.1, 0.15) is 29.7 Å². The van der Waals surface area contributed by atoms with Crippen molar-refractivity contribution in [3.63, 3.8) is 0 Å². The Morgan fingerprint density at radius 1 is 1.18 bits per heavy atom. The van der Waals surface area contributed by atoms with Gasteiger partial charge in [-0.05, 0) is 30.2 Å². The van der Waals surface area contributed by atoms with E-state index in [9.17, 15) is 4.79 Å². The maximum Gasteiger partial charge on any atom is 0.317 e. The van der Waals surface area contributed by atoms with Crippen LogP contribution in [0.5, 0.6) is 0 Å². The normalized spacial score (nSPS) is 11.3. The molecule has 0 aromatic heterocycles. The molecular weight excluding hydrogens is 274 g/mol. The number of nitriles is 1. The van der Waals surface area contributed by atoms with Crippen molar-refractivity contribution < 1.29 is 4.79 Å². The average molecular weight is 293 g/mol. The Hall–Kier alpha value is -2.80. The SMILES string of the molecule is CC(NC(=O)N(C)Cc1ccccc1)c1ccc(C#N)cc1. The van der Waals surface area contributed by atoms with Gasteiger partial charge in [0.1, 0.15) is 0 Å². The number of carbonyl (C=O) groups excluding carboxylic acids is 1. The standard InChI is InChI=1S/C18H19N3O/c1-14(17-10-8-15(12-19)9-11-17)20-18(22)21(2)13-16-6-4-3-5-7-16/h3-11,14H,13H2,1-2H3,(H,20,22). The highest BCUT2D eigenvalue weighted by atomic mass is 16.2. The molecule has 2 rings (SSSR count). The van der Waals surface area contributed by atoms with Gasteiger partial charge >= 0.3 is 6.03 Å². The Bertz CT molecular complexity index is 659. The molecule has 1 atom stereocenters. The van der Waals surface area contributed by atoms with Crippen LogP contribution in [0.3, 0.4) is 0 Å². The van der Waals surface area contributed by atoms with Gasteiger partial charge in [-0.2, -0.15) is 5.26 Å². The lowest BCUT2D eigenvalue weighted by atomic mass is 10.1. The van der Waals surface area contributed by atoms with Crippen LogP contribution in [0.4, 0.5) is 4.79 Å². The second-order valence-electron chi connectivity index (χ2n) is 5.25. The van der Waals surface area contributed by atoms with Crippen molar-refractivity contribution in [3.8, 4) is 6.07 Å². The van der Waals surface area contributed by atoms with Gasteiger partial charge in [0, 0.05) is 13.6 Å². The highest BCUT2D eigenvalue weighted by Gasteiger charge is 2.13. The minimum absolute atomic E-state index is 0.113. The van der Waals surface area contributed by atoms with Crippen molar-refractivity contribution in [1.82, 2.24) is 10.2 Å². The first-order chi connectivity index (χ1) is 10.6. The number of amides is 2. The molecule has 0 saturated heterocycles. The number of hydrogen-bond acceptors (Lipinski definition) is 2. The first kappa shape index (κ1) is 15.6. The molecule has 0 fully saturated rings. The number of rotatable bonds is 4. The predicted molar refractivity (Wildman–Crippen MR) is 86.0 cm³/mol. The zero-order valence-electron chi connectivity index (χ0n) is 12.8. The van der Waals surface area contributed by atoms with Crippen LogP contribution in [-0.2, 0) is 6.54 Å². The molecule has 2 aromatic carbocycles. The molecule has 0 aliphatic carbocycles. The highest BCUT2D eigenvalue weighted by Crippen LogP contribution is 2.13. The summed E-state index contributed by atoms with van der Waals surface area (Å²) in [4.78, 5) is 13.9. The zero-order chi connectivity index (χ0) is 15.9. The monoisotopic (exact) mass is 293 g/mol. The summed E-state index contributed by atoms with van der Waals surface area (Å²) in [5.41, 5.74) is 2.68. The van der Waals surface area contributed by atoms with Gasteiger partial charge in [-0.15, -0.1) is 0 Å². The summed E-state index contributed by atoms with van der Waals surface area (Å²) < 4.78 is 0. The lowest BCUT2D eigenvalue weighted by molar-refractivity contribution is 0.203. The first-order valence-corrected chi connectivity index (χ1v) is 7.16. The quantitative estimate of drug-likeness (QED) is 0.938. The molecule has 112 valence electrons. The Labute approximate surface area is 131 Å². The molecule has 0 aliphatic heterocycles. The third-order valence-electron chi connectivity index (χ3n) is 3.49. The summed E-state index contributed by atoms with van der Waals surface area (Å²) >= 11 is 0. The molecule has 0 aliphatic rings. The van der Waals surface area contributed by atoms with Crippen molar-refractivity contribution in [2.75, 3.05) is 7.05 Å². The molecule has 0 bridgehead atoms. The molecule has 1 N–H and O–H groups in total. The molecule has 4 nitrogen and oxygen atoms in total. The van der Waals surface area contributed by atoms with Crippen molar-refractivity contribution in [2.45, 2.75) is 19.5 Å². The number of nitrogens with zero attached hydrogens (tertiary/aromatic N) is 2. The van der Waals surface area contributed by atoms with Crippen LogP contribution in [0, 0.1) is 11.3 Å². The van der Waals surface area contributed by atoms with Crippen molar-refractivity contribution in [3.05, 3.63) is 71.3 Å². The Kier molecular flexibility index (Phi) is 5.16. The summed E-state index contributed by atoms with van der Waals surface area (Å²) in [6.07, 6.45) is 0. The van der Waals surface area contributed by atoms with Crippen LogP contribution < -0.4 is 5.32 Å². The van der Waals surface area contributed by atoms with Gasteiger partial charge in [0.05, 0.1) is 17.7 Å². The fraction of sp³-hybridized carbons (Fsp3) is 0.222. The van der Waals surface area contributed by atoms with E-state index in [1.807, 2.05) is 49.4 Å². The molecule has 0 heterocycles. The van der Waals surface area contributed by atoms with E-state index in [1.54, 1.807) is 24.1 Å². The van der Waals surface area contributed by atoms with E-state index >= 15 is 0 Å². The van der Waals surface area contributed by atoms with E-state index in [0.29, 0.717) is 12.1 Å². The molecule has 22 heavy (non-hydrogen) atoms. The molecule has 2 amide bonds. The van der Waals surface area contributed by atoms with Crippen LogP contribution >= 0.6 is 0 Å². The van der Waals surface area contributed by atoms with Gasteiger partial charge in [0.2, 0.25) is 0 Å². The van der Waals surface area contributed by atoms with Gasteiger partial charge < -0.3 is 10.2 Å². The lowest BCUT2D eigenvalue weighted by Gasteiger charge is -2.21. The van der Waals surface area contributed by atoms with E-state index in [4.69, 9.17) is 5.26 Å². The Morgan fingerprint density at radius 3 is 2.41 bits per heavy atom. The fourth-order valence-corrected chi connectivity index (χ4v) is 2.15. The van der Waals surface area contributed by atoms with Gasteiger partial charge in [0.15, 0.2) is 0 Å². The average Bonchev–Trinajstić information content (AvgIpc) is 2.55. The lowest BCUT2D eigenvalue weighted by Crippen LogP contribution is -2.38. The number of hydrogen-bond donors (Lipinski definition) is 1. The smallest absolute Gasteiger partial charge is 0.317 e. The topological polar surface area (TPSA) is 56.1 Å². The number of benzene rings is 2. The largest absolute Gasteiger partial charge is 0.331 e. The summed E-state index contributed by atoms with van der Waals surface area (Å²) in [6.45, 7) is 2.49. The van der Waals surface area contributed by atoms with E-state index in [-0.39, 0.29) is 12.1 Å². The summed E-state index contributed by atoms with van der Waals surface area (Å²) in [5.74, 6) is 0. The van der Waals surface area contributed by atoms with E-state index in [0.717, 1.165) is 11.1 Å². The van der Waals surface area contributed by atoms with Gasteiger partial charge in [-0.25, -0.2) is 4.79 Å². The summed E-state index contributed by atoms with van der Waals surface area (Å²) in [5, 5.41) is 11.8. The highest BCUT2D eigenvalue weighted by molar-refractivity contribution is 5.74. The van der Waals surface area contributed by atoms with Crippen molar-refractivity contribution >= 4 is 6.03 Å². The van der Waals surface area contributed by atoms with Crippen molar-refractivity contribution in [1.29, 1.82) is 5.26 Å². The Balaban J connectivity index is 1.94. The van der Waals surface area contributed by atoms with Gasteiger partial charge in [-0.1, -0.05) is 42.5 Å². The molecule has 2 aromatic rings. The third-order valence-corrected chi connectivity index (χ3v) is 3.49. The minimum atomic E-state index is -0.124. The van der Waals surface area contributed by atoms with Gasteiger partial charge in [0.25, 0.3) is 0 Å². The fourth-order valence-electron chi connectivity index (χ4n) is 2.15. The van der Waals surface area contributed by atoms with E-state index in [1.165, 1.54) is 0 Å².